The van der Waals surface area contributed by atoms with Crippen LogP contribution in [-0.2, 0) is 4.79 Å². The highest BCUT2D eigenvalue weighted by molar-refractivity contribution is 14.1. The van der Waals surface area contributed by atoms with Crippen LogP contribution in [0, 0.1) is 21.8 Å². The van der Waals surface area contributed by atoms with Gasteiger partial charge in [0.1, 0.15) is 17.4 Å². The van der Waals surface area contributed by atoms with E-state index in [-0.39, 0.29) is 5.57 Å². The number of ether oxygens (including phenoxy) is 1. The van der Waals surface area contributed by atoms with Crippen LogP contribution in [0.4, 0.5) is 5.69 Å². The van der Waals surface area contributed by atoms with Gasteiger partial charge in [-0.05, 0) is 64.9 Å². The molecule has 2 rings (SSSR count). The van der Waals surface area contributed by atoms with E-state index in [2.05, 4.69) is 27.9 Å². The summed E-state index contributed by atoms with van der Waals surface area (Å²) in [6, 6.07) is 14.9. The number of methoxy groups -OCH3 is 1. The van der Waals surface area contributed by atoms with Crippen LogP contribution in [-0.4, -0.2) is 13.0 Å². The van der Waals surface area contributed by atoms with E-state index >= 15 is 0 Å². The summed E-state index contributed by atoms with van der Waals surface area (Å²) in [5.74, 6) is 0.332. The van der Waals surface area contributed by atoms with Crippen molar-refractivity contribution in [3.8, 4) is 11.8 Å². The minimum Gasteiger partial charge on any atom is -0.496 e. The number of para-hydroxylation sites is 1. The molecule has 4 nitrogen and oxygen atoms in total. The maximum atomic E-state index is 12.3. The van der Waals surface area contributed by atoms with Gasteiger partial charge in [0.05, 0.1) is 10.7 Å². The first-order valence-electron chi connectivity index (χ1n) is 6.87. The maximum Gasteiger partial charge on any atom is 0.266 e. The number of carbonyl (C=O) groups is 1. The molecule has 5 heteroatoms. The van der Waals surface area contributed by atoms with Crippen LogP contribution in [0.25, 0.3) is 6.08 Å². The number of aryl methyl sites for hydroxylation is 1. The molecule has 2 aromatic rings. The predicted molar refractivity (Wildman–Crippen MR) is 99.1 cm³/mol. The van der Waals surface area contributed by atoms with Crippen molar-refractivity contribution in [1.82, 2.24) is 0 Å². The van der Waals surface area contributed by atoms with Gasteiger partial charge in [0.25, 0.3) is 5.91 Å². The summed E-state index contributed by atoms with van der Waals surface area (Å²) in [5.41, 5.74) is 2.46. The van der Waals surface area contributed by atoms with E-state index in [0.717, 1.165) is 20.4 Å². The minimum atomic E-state index is -0.423. The summed E-state index contributed by atoms with van der Waals surface area (Å²) in [6.45, 7) is 1.90. The fourth-order valence-corrected chi connectivity index (χ4v) is 2.75. The lowest BCUT2D eigenvalue weighted by Crippen LogP contribution is -2.14. The number of amides is 1. The molecule has 116 valence electrons. The van der Waals surface area contributed by atoms with E-state index < -0.39 is 5.91 Å². The van der Waals surface area contributed by atoms with Gasteiger partial charge in [-0.15, -0.1) is 0 Å². The van der Waals surface area contributed by atoms with Crippen molar-refractivity contribution in [3.05, 3.63) is 62.7 Å². The normalized spacial score (nSPS) is 10.8. The van der Waals surface area contributed by atoms with E-state index in [9.17, 15) is 10.1 Å². The van der Waals surface area contributed by atoms with Gasteiger partial charge in [-0.1, -0.05) is 24.3 Å². The van der Waals surface area contributed by atoms with E-state index in [0.29, 0.717) is 5.69 Å². The number of rotatable bonds is 4. The molecule has 0 saturated carbocycles. The van der Waals surface area contributed by atoms with Gasteiger partial charge in [-0.2, -0.15) is 5.26 Å². The van der Waals surface area contributed by atoms with Crippen LogP contribution in [0.1, 0.15) is 11.1 Å². The lowest BCUT2D eigenvalue weighted by molar-refractivity contribution is -0.112. The van der Waals surface area contributed by atoms with Crippen molar-refractivity contribution >= 4 is 40.3 Å². The molecule has 0 aromatic heterocycles. The number of nitriles is 1. The zero-order valence-electron chi connectivity index (χ0n) is 12.8. The average molecular weight is 418 g/mol. The van der Waals surface area contributed by atoms with Gasteiger partial charge in [0.2, 0.25) is 0 Å². The molecule has 0 heterocycles. The highest BCUT2D eigenvalue weighted by atomic mass is 127. The Morgan fingerprint density at radius 2 is 2.04 bits per heavy atom. The van der Waals surface area contributed by atoms with E-state index in [1.165, 1.54) is 0 Å². The van der Waals surface area contributed by atoms with Crippen LogP contribution in [0.3, 0.4) is 0 Å². The van der Waals surface area contributed by atoms with Crippen molar-refractivity contribution in [3.63, 3.8) is 0 Å². The lowest BCUT2D eigenvalue weighted by Gasteiger charge is -2.07. The minimum absolute atomic E-state index is 0.0502. The zero-order valence-corrected chi connectivity index (χ0v) is 14.9. The zero-order chi connectivity index (χ0) is 16.8. The summed E-state index contributed by atoms with van der Waals surface area (Å²) in [5, 5.41) is 12.0. The van der Waals surface area contributed by atoms with Crippen LogP contribution in [0.15, 0.2) is 48.0 Å². The molecule has 2 aromatic carbocycles. The Balaban J connectivity index is 2.25. The summed E-state index contributed by atoms with van der Waals surface area (Å²) < 4.78 is 6.11. The SMILES string of the molecule is COc1ccc(/C=C(/C#N)C(=O)Nc2ccccc2C)cc1I. The van der Waals surface area contributed by atoms with Gasteiger partial charge in [-0.3, -0.25) is 4.79 Å². The number of benzene rings is 2. The summed E-state index contributed by atoms with van der Waals surface area (Å²) in [6.07, 6.45) is 1.56. The average Bonchev–Trinajstić information content (AvgIpc) is 2.54. The second kappa shape index (κ2) is 7.79. The highest BCUT2D eigenvalue weighted by Gasteiger charge is 2.11. The molecule has 1 N–H and O–H groups in total. The Bertz CT molecular complexity index is 807. The maximum absolute atomic E-state index is 12.3. The van der Waals surface area contributed by atoms with Gasteiger partial charge in [0, 0.05) is 5.69 Å². The van der Waals surface area contributed by atoms with Crippen molar-refractivity contribution < 1.29 is 9.53 Å². The third kappa shape index (κ3) is 4.33. The smallest absolute Gasteiger partial charge is 0.266 e. The number of nitrogens with zero attached hydrogens (tertiary/aromatic N) is 1. The Hall–Kier alpha value is -2.33. The van der Waals surface area contributed by atoms with Crippen LogP contribution in [0.5, 0.6) is 5.75 Å². The van der Waals surface area contributed by atoms with E-state index in [1.807, 2.05) is 43.3 Å². The number of halogens is 1. The molecule has 0 radical (unpaired) electrons. The first-order chi connectivity index (χ1) is 11.0. The molecular weight excluding hydrogens is 403 g/mol. The molecule has 23 heavy (non-hydrogen) atoms. The summed E-state index contributed by atoms with van der Waals surface area (Å²) in [4.78, 5) is 12.3. The Kier molecular flexibility index (Phi) is 5.77. The number of hydrogen-bond donors (Lipinski definition) is 1. The summed E-state index contributed by atoms with van der Waals surface area (Å²) >= 11 is 2.15. The van der Waals surface area contributed by atoms with Gasteiger partial charge < -0.3 is 10.1 Å². The van der Waals surface area contributed by atoms with E-state index in [4.69, 9.17) is 4.74 Å². The molecule has 0 atom stereocenters. The Morgan fingerprint density at radius 3 is 2.65 bits per heavy atom. The first-order valence-corrected chi connectivity index (χ1v) is 7.95. The molecular formula is C18H15IN2O2. The predicted octanol–water partition coefficient (Wildman–Crippen LogP) is 4.15. The fraction of sp³-hybridized carbons (Fsp3) is 0.111. The molecule has 0 saturated heterocycles. The highest BCUT2D eigenvalue weighted by Crippen LogP contribution is 2.23. The van der Waals surface area contributed by atoms with Crippen LogP contribution in [0.2, 0.25) is 0 Å². The fourth-order valence-electron chi connectivity index (χ4n) is 1.99. The third-order valence-electron chi connectivity index (χ3n) is 3.25. The van der Waals surface area contributed by atoms with Crippen LogP contribution < -0.4 is 10.1 Å². The van der Waals surface area contributed by atoms with Crippen LogP contribution >= 0.6 is 22.6 Å². The molecule has 1 amide bonds. The number of hydrogen-bond acceptors (Lipinski definition) is 3. The molecule has 0 aliphatic carbocycles. The van der Waals surface area contributed by atoms with E-state index in [1.54, 1.807) is 25.3 Å². The standard InChI is InChI=1S/C18H15IN2O2/c1-12-5-3-4-6-16(12)21-18(22)14(11-20)9-13-7-8-17(23-2)15(19)10-13/h3-10H,1-2H3,(H,21,22)/b14-9-. The topological polar surface area (TPSA) is 62.1 Å². The molecule has 0 fully saturated rings. The largest absolute Gasteiger partial charge is 0.496 e. The first kappa shape index (κ1) is 17.0. The second-order valence-electron chi connectivity index (χ2n) is 4.83. The van der Waals surface area contributed by atoms with Gasteiger partial charge in [-0.25, -0.2) is 0 Å². The van der Waals surface area contributed by atoms with Gasteiger partial charge >= 0.3 is 0 Å². The molecule has 0 aliphatic rings. The molecule has 0 unspecified atom stereocenters. The number of anilines is 1. The monoisotopic (exact) mass is 418 g/mol. The van der Waals surface area contributed by atoms with Gasteiger partial charge in [0.15, 0.2) is 0 Å². The molecule has 0 bridgehead atoms. The van der Waals surface area contributed by atoms with Crippen molar-refractivity contribution in [2.24, 2.45) is 0 Å². The molecule has 0 aliphatic heterocycles. The number of nitrogens with one attached hydrogen (secondary N) is 1. The van der Waals surface area contributed by atoms with Crippen molar-refractivity contribution in [1.29, 1.82) is 5.26 Å². The lowest BCUT2D eigenvalue weighted by atomic mass is 10.1. The molecule has 0 spiro atoms. The van der Waals surface area contributed by atoms with Crippen molar-refractivity contribution in [2.75, 3.05) is 12.4 Å². The second-order valence-corrected chi connectivity index (χ2v) is 6.00. The summed E-state index contributed by atoms with van der Waals surface area (Å²) in [7, 11) is 1.60. The third-order valence-corrected chi connectivity index (χ3v) is 4.09. The quantitative estimate of drug-likeness (QED) is 0.461. The Labute approximate surface area is 148 Å². The number of carbonyl (C=O) groups excluding carboxylic acids is 1. The Morgan fingerprint density at radius 1 is 1.30 bits per heavy atom. The van der Waals surface area contributed by atoms with Crippen molar-refractivity contribution in [2.45, 2.75) is 6.92 Å².